The normalized spacial score (nSPS) is 11.6. The van der Waals surface area contributed by atoms with Crippen LogP contribution in [-0.4, -0.2) is 28.2 Å². The lowest BCUT2D eigenvalue weighted by Crippen LogP contribution is -2.31. The van der Waals surface area contributed by atoms with Crippen molar-refractivity contribution >= 4 is 12.1 Å². The van der Waals surface area contributed by atoms with Crippen LogP contribution in [0.4, 0.5) is 4.79 Å². The molecule has 1 atom stereocenters. The molecule has 0 spiro atoms. The van der Waals surface area contributed by atoms with Gasteiger partial charge in [-0.2, -0.15) is 0 Å². The molecule has 1 heterocycles. The van der Waals surface area contributed by atoms with E-state index in [-0.39, 0.29) is 19.1 Å². The van der Waals surface area contributed by atoms with Gasteiger partial charge in [-0.05, 0) is 18.9 Å². The van der Waals surface area contributed by atoms with E-state index in [0.29, 0.717) is 18.9 Å². The molecule has 7 heteroatoms. The molecule has 2 aromatic carbocycles. The molecule has 1 amide bonds. The molecule has 0 bridgehead atoms. The molecule has 3 rings (SSSR count). The summed E-state index contributed by atoms with van der Waals surface area (Å²) in [5, 5.41) is 2.95. The van der Waals surface area contributed by atoms with E-state index in [2.05, 4.69) is 12.2 Å². The first-order chi connectivity index (χ1) is 16.1. The summed E-state index contributed by atoms with van der Waals surface area (Å²) in [5.41, 5.74) is 2.58. The first kappa shape index (κ1) is 24.0. The Balaban J connectivity index is 1.83. The van der Waals surface area contributed by atoms with E-state index in [9.17, 15) is 9.59 Å². The van der Waals surface area contributed by atoms with E-state index in [1.807, 2.05) is 66.9 Å². The van der Waals surface area contributed by atoms with Crippen molar-refractivity contribution in [2.75, 3.05) is 6.61 Å². The van der Waals surface area contributed by atoms with Gasteiger partial charge in [-0.25, -0.2) is 9.78 Å². The van der Waals surface area contributed by atoms with E-state index in [0.717, 1.165) is 29.7 Å². The first-order valence-electron chi connectivity index (χ1n) is 11.4. The third-order valence-corrected chi connectivity index (χ3v) is 5.14. The zero-order valence-corrected chi connectivity index (χ0v) is 19.2. The second-order valence-electron chi connectivity index (χ2n) is 7.68. The standard InChI is InChI=1S/C26H31N3O4/c1-3-5-16-22(28-26(31)33-19-20-12-8-6-9-13-20)25-27-23(21-14-10-7-11-15-21)17-29(25)18-24(30)32-4-2/h6-15,17,22H,3-5,16,18-19H2,1-2H3,(H,28,31)/t22-/m0/s1. The number of aromatic nitrogens is 2. The summed E-state index contributed by atoms with van der Waals surface area (Å²) >= 11 is 0. The lowest BCUT2D eigenvalue weighted by Gasteiger charge is -2.19. The molecule has 1 aromatic heterocycles. The van der Waals surface area contributed by atoms with Gasteiger partial charge in [-0.1, -0.05) is 80.4 Å². The number of benzene rings is 2. The van der Waals surface area contributed by atoms with E-state index < -0.39 is 12.1 Å². The van der Waals surface area contributed by atoms with E-state index in [1.165, 1.54) is 0 Å². The second-order valence-corrected chi connectivity index (χ2v) is 7.68. The van der Waals surface area contributed by atoms with Crippen LogP contribution in [0.15, 0.2) is 66.9 Å². The highest BCUT2D eigenvalue weighted by Gasteiger charge is 2.23. The average molecular weight is 450 g/mol. The van der Waals surface area contributed by atoms with Crippen LogP contribution in [0.25, 0.3) is 11.3 Å². The van der Waals surface area contributed by atoms with Crippen LogP contribution in [0.5, 0.6) is 0 Å². The molecule has 0 aliphatic rings. The van der Waals surface area contributed by atoms with Crippen molar-refractivity contribution in [2.45, 2.75) is 52.3 Å². The van der Waals surface area contributed by atoms with Crippen LogP contribution < -0.4 is 5.32 Å². The van der Waals surface area contributed by atoms with Gasteiger partial charge >= 0.3 is 12.1 Å². The Hall–Kier alpha value is -3.61. The number of rotatable bonds is 11. The Labute approximate surface area is 194 Å². The van der Waals surface area contributed by atoms with Crippen LogP contribution in [0.3, 0.4) is 0 Å². The molecule has 0 aliphatic heterocycles. The topological polar surface area (TPSA) is 82.5 Å². The maximum Gasteiger partial charge on any atom is 0.408 e. The summed E-state index contributed by atoms with van der Waals surface area (Å²) in [6.07, 6.45) is 3.83. The molecule has 0 radical (unpaired) electrons. The minimum Gasteiger partial charge on any atom is -0.465 e. The number of hydrogen-bond donors (Lipinski definition) is 1. The van der Waals surface area contributed by atoms with Crippen molar-refractivity contribution in [3.8, 4) is 11.3 Å². The summed E-state index contributed by atoms with van der Waals surface area (Å²) < 4.78 is 12.3. The van der Waals surface area contributed by atoms with Crippen LogP contribution in [-0.2, 0) is 27.4 Å². The Kier molecular flexibility index (Phi) is 9.06. The number of carbonyl (C=O) groups is 2. The zero-order valence-electron chi connectivity index (χ0n) is 19.2. The number of carbonyl (C=O) groups excluding carboxylic acids is 2. The third kappa shape index (κ3) is 7.20. The third-order valence-electron chi connectivity index (χ3n) is 5.14. The maximum absolute atomic E-state index is 12.6. The fourth-order valence-electron chi connectivity index (χ4n) is 3.51. The van der Waals surface area contributed by atoms with Crippen molar-refractivity contribution in [3.05, 3.63) is 78.2 Å². The molecular formula is C26H31N3O4. The molecule has 0 saturated heterocycles. The van der Waals surface area contributed by atoms with Gasteiger partial charge < -0.3 is 19.4 Å². The van der Waals surface area contributed by atoms with Crippen molar-refractivity contribution < 1.29 is 19.1 Å². The predicted molar refractivity (Wildman–Crippen MR) is 126 cm³/mol. The number of nitrogens with zero attached hydrogens (tertiary/aromatic N) is 2. The zero-order chi connectivity index (χ0) is 23.5. The highest BCUT2D eigenvalue weighted by atomic mass is 16.5. The number of ether oxygens (including phenoxy) is 2. The summed E-state index contributed by atoms with van der Waals surface area (Å²) in [7, 11) is 0. The van der Waals surface area contributed by atoms with Crippen LogP contribution in [0.2, 0.25) is 0 Å². The van der Waals surface area contributed by atoms with Crippen LogP contribution in [0, 0.1) is 0 Å². The number of nitrogens with one attached hydrogen (secondary N) is 1. The fourth-order valence-corrected chi connectivity index (χ4v) is 3.51. The molecule has 3 aromatic rings. The number of hydrogen-bond acceptors (Lipinski definition) is 5. The minimum absolute atomic E-state index is 0.0202. The molecule has 0 fully saturated rings. The summed E-state index contributed by atoms with van der Waals surface area (Å²) in [6, 6.07) is 18.9. The van der Waals surface area contributed by atoms with Gasteiger partial charge in [0.15, 0.2) is 0 Å². The number of esters is 1. The van der Waals surface area contributed by atoms with Gasteiger partial charge in [0.2, 0.25) is 0 Å². The van der Waals surface area contributed by atoms with Gasteiger partial charge in [0, 0.05) is 11.8 Å². The average Bonchev–Trinajstić information content (AvgIpc) is 3.25. The van der Waals surface area contributed by atoms with E-state index in [4.69, 9.17) is 14.5 Å². The number of amides is 1. The number of unbranched alkanes of at least 4 members (excludes halogenated alkanes) is 1. The summed E-state index contributed by atoms with van der Waals surface area (Å²) in [5.74, 6) is 0.253. The van der Waals surface area contributed by atoms with E-state index in [1.54, 1.807) is 11.5 Å². The highest BCUT2D eigenvalue weighted by Crippen LogP contribution is 2.25. The largest absolute Gasteiger partial charge is 0.465 e. The number of alkyl carbamates (subject to hydrolysis) is 1. The SMILES string of the molecule is CCCC[C@H](NC(=O)OCc1ccccc1)c1nc(-c2ccccc2)cn1CC(=O)OCC. The Morgan fingerprint density at radius 3 is 2.36 bits per heavy atom. The lowest BCUT2D eigenvalue weighted by atomic mass is 10.1. The molecule has 0 saturated carbocycles. The molecule has 0 aliphatic carbocycles. The predicted octanol–water partition coefficient (Wildman–Crippen LogP) is 5.27. The van der Waals surface area contributed by atoms with Crippen molar-refractivity contribution in [2.24, 2.45) is 0 Å². The Morgan fingerprint density at radius 2 is 1.70 bits per heavy atom. The van der Waals surface area contributed by atoms with Crippen molar-refractivity contribution in [1.29, 1.82) is 0 Å². The Morgan fingerprint density at radius 1 is 1.00 bits per heavy atom. The van der Waals surface area contributed by atoms with Crippen LogP contribution >= 0.6 is 0 Å². The Bertz CT molecular complexity index is 1020. The molecule has 7 nitrogen and oxygen atoms in total. The molecule has 0 unspecified atom stereocenters. The van der Waals surface area contributed by atoms with Crippen LogP contribution in [0.1, 0.15) is 50.5 Å². The van der Waals surface area contributed by atoms with Gasteiger partial charge in [0.25, 0.3) is 0 Å². The molecule has 33 heavy (non-hydrogen) atoms. The molecular weight excluding hydrogens is 418 g/mol. The second kappa shape index (κ2) is 12.4. The molecule has 1 N–H and O–H groups in total. The minimum atomic E-state index is -0.521. The quantitative estimate of drug-likeness (QED) is 0.403. The van der Waals surface area contributed by atoms with Gasteiger partial charge in [0.1, 0.15) is 19.0 Å². The summed E-state index contributed by atoms with van der Waals surface area (Å²) in [6.45, 7) is 4.37. The van der Waals surface area contributed by atoms with Crippen molar-refractivity contribution in [3.63, 3.8) is 0 Å². The van der Waals surface area contributed by atoms with Crippen molar-refractivity contribution in [1.82, 2.24) is 14.9 Å². The molecule has 174 valence electrons. The number of imidazole rings is 1. The highest BCUT2D eigenvalue weighted by molar-refractivity contribution is 5.70. The van der Waals surface area contributed by atoms with Gasteiger partial charge in [-0.15, -0.1) is 0 Å². The fraction of sp³-hybridized carbons (Fsp3) is 0.346. The van der Waals surface area contributed by atoms with Gasteiger partial charge in [-0.3, -0.25) is 4.79 Å². The monoisotopic (exact) mass is 449 g/mol. The summed E-state index contributed by atoms with van der Waals surface area (Å²) in [4.78, 5) is 29.7. The maximum atomic E-state index is 12.6. The first-order valence-corrected chi connectivity index (χ1v) is 11.4. The smallest absolute Gasteiger partial charge is 0.408 e. The van der Waals surface area contributed by atoms with E-state index >= 15 is 0 Å². The lowest BCUT2D eigenvalue weighted by molar-refractivity contribution is -0.143. The van der Waals surface area contributed by atoms with Gasteiger partial charge in [0.05, 0.1) is 18.3 Å².